The molecule has 0 atom stereocenters. The monoisotopic (exact) mass is 490 g/mol. The Morgan fingerprint density at radius 3 is 2.53 bits per heavy atom. The Kier molecular flexibility index (Phi) is 7.16. The van der Waals surface area contributed by atoms with Gasteiger partial charge in [0.2, 0.25) is 5.82 Å². The molecular weight excluding hydrogens is 456 g/mol. The van der Waals surface area contributed by atoms with Gasteiger partial charge >= 0.3 is 6.09 Å². The van der Waals surface area contributed by atoms with Gasteiger partial charge in [0.1, 0.15) is 34.5 Å². The standard InChI is InChI=1S/C27H34N6O3/c1-17-15-20(23-24-25(31-22(16-28)30-23)32(6)18(2)29-24)7-8-21(17)35-14-11-19-9-12-33(13-10-19)26(34)36-27(3,4)5/h7-8,15,19H,9-14H2,1-6H3. The van der Waals surface area contributed by atoms with Gasteiger partial charge in [0.15, 0.2) is 5.65 Å². The van der Waals surface area contributed by atoms with Crippen LogP contribution < -0.4 is 4.74 Å². The molecule has 0 unspecified atom stereocenters. The molecule has 0 spiro atoms. The van der Waals surface area contributed by atoms with Crippen molar-refractivity contribution in [1.82, 2.24) is 24.4 Å². The highest BCUT2D eigenvalue weighted by atomic mass is 16.6. The number of fused-ring (bicyclic) bond motifs is 1. The number of hydrogen-bond acceptors (Lipinski definition) is 7. The molecular formula is C27H34N6O3. The van der Waals surface area contributed by atoms with E-state index >= 15 is 0 Å². The second-order valence-electron chi connectivity index (χ2n) is 10.4. The predicted molar refractivity (Wildman–Crippen MR) is 137 cm³/mol. The van der Waals surface area contributed by atoms with Crippen molar-refractivity contribution in [3.63, 3.8) is 0 Å². The summed E-state index contributed by atoms with van der Waals surface area (Å²) in [6.45, 7) is 11.6. The molecule has 190 valence electrons. The van der Waals surface area contributed by atoms with E-state index in [2.05, 4.69) is 21.0 Å². The summed E-state index contributed by atoms with van der Waals surface area (Å²) in [7, 11) is 1.88. The van der Waals surface area contributed by atoms with Crippen LogP contribution >= 0.6 is 0 Å². The van der Waals surface area contributed by atoms with Gasteiger partial charge in [-0.05, 0) is 83.6 Å². The number of aryl methyl sites for hydroxylation is 3. The van der Waals surface area contributed by atoms with Crippen LogP contribution in [-0.2, 0) is 11.8 Å². The number of amides is 1. The maximum absolute atomic E-state index is 12.3. The van der Waals surface area contributed by atoms with Crippen LogP contribution in [0.15, 0.2) is 18.2 Å². The highest BCUT2D eigenvalue weighted by Crippen LogP contribution is 2.30. The maximum atomic E-state index is 12.3. The minimum atomic E-state index is -0.469. The van der Waals surface area contributed by atoms with E-state index in [0.717, 1.165) is 55.1 Å². The zero-order valence-corrected chi connectivity index (χ0v) is 22.0. The number of hydrogen-bond donors (Lipinski definition) is 0. The molecule has 4 rings (SSSR count). The number of nitrogens with zero attached hydrogens (tertiary/aromatic N) is 6. The number of aromatic nitrogens is 4. The molecule has 1 fully saturated rings. The first-order valence-corrected chi connectivity index (χ1v) is 12.4. The van der Waals surface area contributed by atoms with Crippen molar-refractivity contribution in [2.24, 2.45) is 13.0 Å². The summed E-state index contributed by atoms with van der Waals surface area (Å²) >= 11 is 0. The number of piperidine rings is 1. The Morgan fingerprint density at radius 2 is 1.89 bits per heavy atom. The molecule has 0 aliphatic carbocycles. The lowest BCUT2D eigenvalue weighted by Gasteiger charge is -2.33. The van der Waals surface area contributed by atoms with Crippen molar-refractivity contribution < 1.29 is 14.3 Å². The molecule has 2 aromatic heterocycles. The van der Waals surface area contributed by atoms with E-state index < -0.39 is 5.60 Å². The fraction of sp³-hybridized carbons (Fsp3) is 0.519. The van der Waals surface area contributed by atoms with Gasteiger partial charge in [0.25, 0.3) is 0 Å². The smallest absolute Gasteiger partial charge is 0.410 e. The zero-order chi connectivity index (χ0) is 26.0. The van der Waals surface area contributed by atoms with Gasteiger partial charge in [0.05, 0.1) is 6.61 Å². The third-order valence-corrected chi connectivity index (χ3v) is 6.54. The fourth-order valence-corrected chi connectivity index (χ4v) is 4.45. The Morgan fingerprint density at radius 1 is 1.17 bits per heavy atom. The van der Waals surface area contributed by atoms with Gasteiger partial charge in [-0.25, -0.2) is 14.8 Å². The number of imidazole rings is 1. The topological polar surface area (TPSA) is 106 Å². The van der Waals surface area contributed by atoms with Crippen molar-refractivity contribution in [3.8, 4) is 23.1 Å². The summed E-state index contributed by atoms with van der Waals surface area (Å²) in [5.41, 5.74) is 3.36. The summed E-state index contributed by atoms with van der Waals surface area (Å²) in [6.07, 6.45) is 2.62. The van der Waals surface area contributed by atoms with Crippen LogP contribution in [0.5, 0.6) is 5.75 Å². The van der Waals surface area contributed by atoms with Crippen molar-refractivity contribution in [2.75, 3.05) is 19.7 Å². The van der Waals surface area contributed by atoms with Gasteiger partial charge in [-0.3, -0.25) is 0 Å². The molecule has 0 bridgehead atoms. The van der Waals surface area contributed by atoms with Gasteiger partial charge in [-0.1, -0.05) is 0 Å². The van der Waals surface area contributed by atoms with E-state index in [-0.39, 0.29) is 11.9 Å². The maximum Gasteiger partial charge on any atom is 0.410 e. The number of nitriles is 1. The van der Waals surface area contributed by atoms with Crippen molar-refractivity contribution >= 4 is 17.3 Å². The molecule has 0 N–H and O–H groups in total. The van der Waals surface area contributed by atoms with Crippen LogP contribution in [0.1, 0.15) is 57.2 Å². The third kappa shape index (κ3) is 5.59. The summed E-state index contributed by atoms with van der Waals surface area (Å²) < 4.78 is 13.5. The van der Waals surface area contributed by atoms with Crippen molar-refractivity contribution in [2.45, 2.75) is 59.5 Å². The number of ether oxygens (including phenoxy) is 2. The van der Waals surface area contributed by atoms with Crippen LogP contribution in [0.25, 0.3) is 22.4 Å². The lowest BCUT2D eigenvalue weighted by atomic mass is 9.94. The second kappa shape index (κ2) is 10.1. The van der Waals surface area contributed by atoms with E-state index in [4.69, 9.17) is 9.47 Å². The average Bonchev–Trinajstić information content (AvgIpc) is 3.12. The lowest BCUT2D eigenvalue weighted by molar-refractivity contribution is 0.0177. The number of carbonyl (C=O) groups excluding carboxylic acids is 1. The van der Waals surface area contributed by atoms with E-state index in [0.29, 0.717) is 29.4 Å². The molecule has 3 heterocycles. The van der Waals surface area contributed by atoms with Crippen molar-refractivity contribution in [1.29, 1.82) is 5.26 Å². The molecule has 1 amide bonds. The van der Waals surface area contributed by atoms with E-state index in [9.17, 15) is 10.1 Å². The minimum absolute atomic E-state index is 0.121. The van der Waals surface area contributed by atoms with Gasteiger partial charge in [-0.15, -0.1) is 0 Å². The van der Waals surface area contributed by atoms with Crippen LogP contribution in [-0.4, -0.2) is 55.8 Å². The van der Waals surface area contributed by atoms with Gasteiger partial charge in [-0.2, -0.15) is 10.2 Å². The second-order valence-corrected chi connectivity index (χ2v) is 10.4. The summed E-state index contributed by atoms with van der Waals surface area (Å²) in [5.74, 6) is 2.28. The van der Waals surface area contributed by atoms with E-state index in [1.54, 1.807) is 4.90 Å². The molecule has 36 heavy (non-hydrogen) atoms. The Balaban J connectivity index is 1.37. The quantitative estimate of drug-likeness (QED) is 0.499. The van der Waals surface area contributed by atoms with Crippen LogP contribution in [0.4, 0.5) is 4.79 Å². The highest BCUT2D eigenvalue weighted by molar-refractivity contribution is 5.88. The SMILES string of the molecule is Cc1cc(-c2nc(C#N)nc3c2nc(C)n3C)ccc1OCCC1CCN(C(=O)OC(C)(C)C)CC1. The third-order valence-electron chi connectivity index (χ3n) is 6.54. The molecule has 1 aromatic carbocycles. The normalized spacial score (nSPS) is 14.6. The lowest BCUT2D eigenvalue weighted by Crippen LogP contribution is -2.41. The highest BCUT2D eigenvalue weighted by Gasteiger charge is 2.26. The summed E-state index contributed by atoms with van der Waals surface area (Å²) in [5, 5.41) is 9.41. The Bertz CT molecular complexity index is 1310. The average molecular weight is 491 g/mol. The van der Waals surface area contributed by atoms with Crippen LogP contribution in [0.3, 0.4) is 0 Å². The minimum Gasteiger partial charge on any atom is -0.493 e. The molecule has 0 radical (unpaired) electrons. The summed E-state index contributed by atoms with van der Waals surface area (Å²) in [4.78, 5) is 27.5. The zero-order valence-electron chi connectivity index (χ0n) is 22.0. The van der Waals surface area contributed by atoms with E-state index in [1.807, 2.05) is 64.4 Å². The first kappa shape index (κ1) is 25.4. The van der Waals surface area contributed by atoms with Crippen LogP contribution in [0.2, 0.25) is 0 Å². The molecule has 9 nitrogen and oxygen atoms in total. The number of benzene rings is 1. The molecule has 1 aliphatic heterocycles. The number of likely N-dealkylation sites (tertiary alicyclic amines) is 1. The molecule has 1 aliphatic rings. The van der Waals surface area contributed by atoms with Gasteiger partial charge < -0.3 is 18.9 Å². The Labute approximate surface area is 212 Å². The molecule has 0 saturated carbocycles. The predicted octanol–water partition coefficient (Wildman–Crippen LogP) is 4.93. The number of rotatable bonds is 5. The molecule has 1 saturated heterocycles. The van der Waals surface area contributed by atoms with Crippen LogP contribution in [0, 0.1) is 31.1 Å². The van der Waals surface area contributed by atoms with Crippen molar-refractivity contribution in [3.05, 3.63) is 35.4 Å². The Hall–Kier alpha value is -3.67. The number of carbonyl (C=O) groups is 1. The molecule has 3 aromatic rings. The molecule has 9 heteroatoms. The summed E-state index contributed by atoms with van der Waals surface area (Å²) in [6, 6.07) is 7.97. The fourth-order valence-electron chi connectivity index (χ4n) is 4.45. The van der Waals surface area contributed by atoms with Gasteiger partial charge in [0, 0.05) is 25.7 Å². The first-order chi connectivity index (χ1) is 17.1. The van der Waals surface area contributed by atoms with E-state index in [1.165, 1.54) is 0 Å². The first-order valence-electron chi connectivity index (χ1n) is 12.4. The largest absolute Gasteiger partial charge is 0.493 e.